The molecule has 44 heavy (non-hydrogen) atoms. The Morgan fingerprint density at radius 3 is 2.80 bits per heavy atom. The Hall–Kier alpha value is -1.27. The van der Waals surface area contributed by atoms with Crippen molar-refractivity contribution in [2.75, 3.05) is 25.4 Å². The Morgan fingerprint density at radius 2 is 2.05 bits per heavy atom. The van der Waals surface area contributed by atoms with E-state index in [-0.39, 0.29) is 64.6 Å². The van der Waals surface area contributed by atoms with E-state index >= 15 is 0 Å². The lowest BCUT2D eigenvalue weighted by molar-refractivity contribution is -0.152. The Bertz CT molecular complexity index is 1330. The number of aromatic nitrogens is 2. The molecular formula is C32H45ClF2N4O4S. The van der Waals surface area contributed by atoms with Crippen molar-refractivity contribution >= 4 is 29.3 Å². The third-order valence-electron chi connectivity index (χ3n) is 11.8. The van der Waals surface area contributed by atoms with Gasteiger partial charge in [-0.3, -0.25) is 19.1 Å². The number of carbonyl (C=O) groups is 1. The van der Waals surface area contributed by atoms with Crippen LogP contribution < -0.4 is 10.9 Å². The minimum absolute atomic E-state index is 0.00197. The largest absolute Gasteiger partial charge is 0.481 e. The summed E-state index contributed by atoms with van der Waals surface area (Å²) in [6, 6.07) is 0.307. The fourth-order valence-corrected chi connectivity index (χ4v) is 11.7. The van der Waals surface area contributed by atoms with Gasteiger partial charge in [-0.1, -0.05) is 0 Å². The van der Waals surface area contributed by atoms with Gasteiger partial charge in [-0.25, -0.2) is 13.8 Å². The van der Waals surface area contributed by atoms with Crippen molar-refractivity contribution in [1.82, 2.24) is 19.8 Å². The molecule has 3 aliphatic carbocycles. The molecule has 7 rings (SSSR count). The Kier molecular flexibility index (Phi) is 8.60. The minimum Gasteiger partial charge on any atom is -0.481 e. The molecule has 11 atom stereocenters. The summed E-state index contributed by atoms with van der Waals surface area (Å²) in [5.74, 6) is -2.21. The normalized spacial score (nSPS) is 41.4. The summed E-state index contributed by atoms with van der Waals surface area (Å²) >= 11 is 8.50. The number of ether oxygens (including phenoxy) is 1. The quantitative estimate of drug-likeness (QED) is 0.427. The van der Waals surface area contributed by atoms with Gasteiger partial charge in [-0.15, -0.1) is 11.6 Å². The van der Waals surface area contributed by atoms with Crippen LogP contribution in [0.3, 0.4) is 0 Å². The topological polar surface area (TPSA) is 96.7 Å². The van der Waals surface area contributed by atoms with E-state index in [0.29, 0.717) is 56.6 Å². The highest BCUT2D eigenvalue weighted by molar-refractivity contribution is 8.00. The van der Waals surface area contributed by atoms with E-state index < -0.39 is 17.8 Å². The number of halogens is 3. The number of nitrogens with zero attached hydrogens (tertiary/aromatic N) is 3. The number of aryl methyl sites for hydroxylation is 2. The summed E-state index contributed by atoms with van der Waals surface area (Å²) in [4.78, 5) is 32.8. The van der Waals surface area contributed by atoms with Crippen molar-refractivity contribution < 1.29 is 23.4 Å². The molecule has 0 bridgehead atoms. The summed E-state index contributed by atoms with van der Waals surface area (Å²) < 4.78 is 36.4. The maximum atomic E-state index is 14.0. The minimum atomic E-state index is -2.54. The van der Waals surface area contributed by atoms with Crippen molar-refractivity contribution in [3.8, 4) is 0 Å². The van der Waals surface area contributed by atoms with E-state index in [1.807, 2.05) is 6.92 Å². The Morgan fingerprint density at radius 1 is 1.23 bits per heavy atom. The molecule has 12 heteroatoms. The van der Waals surface area contributed by atoms with Gasteiger partial charge in [0, 0.05) is 65.5 Å². The van der Waals surface area contributed by atoms with Gasteiger partial charge in [-0.05, 0) is 76.5 Å². The zero-order chi connectivity index (χ0) is 30.9. The van der Waals surface area contributed by atoms with Gasteiger partial charge >= 0.3 is 5.97 Å². The Balaban J connectivity index is 1.02. The lowest BCUT2D eigenvalue weighted by atomic mass is 9.70. The number of piperidine rings is 1. The fraction of sp³-hybridized carbons (Fsp3) is 0.844. The molecule has 244 valence electrons. The van der Waals surface area contributed by atoms with Crippen molar-refractivity contribution in [2.24, 2.45) is 29.6 Å². The molecule has 2 N–H and O–H groups in total. The van der Waals surface area contributed by atoms with Gasteiger partial charge in [0.25, 0.3) is 11.5 Å². The predicted molar refractivity (Wildman–Crippen MR) is 166 cm³/mol. The maximum Gasteiger partial charge on any atom is 0.308 e. The summed E-state index contributed by atoms with van der Waals surface area (Å²) in [6.45, 7) is 5.96. The average Bonchev–Trinajstić information content (AvgIpc) is 3.57. The molecule has 1 aromatic heterocycles. The van der Waals surface area contributed by atoms with Crippen LogP contribution in [0, 0.1) is 36.5 Å². The molecule has 0 spiro atoms. The maximum absolute atomic E-state index is 14.0. The summed E-state index contributed by atoms with van der Waals surface area (Å²) in [5, 5.41) is 13.7. The summed E-state index contributed by atoms with van der Waals surface area (Å²) in [6.07, 6.45) is 5.71. The molecule has 0 radical (unpaired) electrons. The third kappa shape index (κ3) is 5.64. The van der Waals surface area contributed by atoms with Crippen LogP contribution >= 0.6 is 23.4 Å². The zero-order valence-electron chi connectivity index (χ0n) is 25.6. The van der Waals surface area contributed by atoms with Gasteiger partial charge in [-0.2, -0.15) is 11.8 Å². The van der Waals surface area contributed by atoms with Crippen LogP contribution in [0.1, 0.15) is 62.5 Å². The van der Waals surface area contributed by atoms with Gasteiger partial charge in [0.1, 0.15) is 5.82 Å². The van der Waals surface area contributed by atoms with Gasteiger partial charge in [0.15, 0.2) is 0 Å². The van der Waals surface area contributed by atoms with Gasteiger partial charge in [0.05, 0.1) is 30.9 Å². The average molecular weight is 655 g/mol. The van der Waals surface area contributed by atoms with E-state index in [1.54, 1.807) is 16.3 Å². The molecule has 8 unspecified atom stereocenters. The van der Waals surface area contributed by atoms with Crippen LogP contribution in [-0.4, -0.2) is 91.8 Å². The van der Waals surface area contributed by atoms with E-state index in [4.69, 9.17) is 21.3 Å². The molecule has 3 saturated heterocycles. The number of thioether (sulfide) groups is 1. The number of carboxylic acids is 1. The number of likely N-dealkylation sites (tertiary alicyclic amines) is 1. The number of hydrogen-bond donors (Lipinski definition) is 2. The summed E-state index contributed by atoms with van der Waals surface area (Å²) in [5.41, 5.74) is 1.57. The standard InChI is InChI=1S/C32H45ClF2N4O4S/c1-16-9-22(29-28(36-16)24(15-44-29)31(41)42)21-10-19(33)3-6-27(21)43-8-7-39-17(2)37-26-5-4-20(11-23(26)30(39)40)38-13-18-12-32(34,35)25(18)14-38/h16,18-22,24-25,27-29,36H,3-15H2,1-2H3,(H,41,42)/t16?,18-,19?,20-,21?,22?,24?,25+,27?,28?,29?/m1/s1. The van der Waals surface area contributed by atoms with Crippen LogP contribution in [0.15, 0.2) is 4.79 Å². The highest BCUT2D eigenvalue weighted by atomic mass is 35.5. The number of nitrogens with one attached hydrogen (secondary N) is 1. The van der Waals surface area contributed by atoms with Crippen LogP contribution in [0.2, 0.25) is 0 Å². The lowest BCUT2D eigenvalue weighted by Crippen LogP contribution is -2.57. The second kappa shape index (κ2) is 12.1. The monoisotopic (exact) mass is 654 g/mol. The molecule has 3 aliphatic heterocycles. The molecular weight excluding hydrogens is 610 g/mol. The second-order valence-corrected chi connectivity index (χ2v) is 16.3. The number of rotatable bonds is 7. The zero-order valence-corrected chi connectivity index (χ0v) is 27.2. The number of carboxylic acid groups (broad SMARTS) is 1. The smallest absolute Gasteiger partial charge is 0.308 e. The van der Waals surface area contributed by atoms with Crippen LogP contribution in [0.5, 0.6) is 0 Å². The van der Waals surface area contributed by atoms with E-state index in [2.05, 4.69) is 17.1 Å². The molecule has 0 amide bonds. The van der Waals surface area contributed by atoms with E-state index in [9.17, 15) is 23.5 Å². The SMILES string of the molecule is Cc1nc2c(c(=O)n1CCOC1CCC(Cl)CC1C1CC(C)NC3C(C(=O)O)CSC13)C[C@H](N1C[C@H]3CC(F)(F)[C@H]3C1)CC2. The molecule has 6 aliphatic rings. The van der Waals surface area contributed by atoms with Gasteiger partial charge < -0.3 is 15.2 Å². The van der Waals surface area contributed by atoms with E-state index in [0.717, 1.165) is 43.4 Å². The van der Waals surface area contributed by atoms with Crippen LogP contribution in [0.4, 0.5) is 8.78 Å². The molecule has 2 saturated carbocycles. The van der Waals surface area contributed by atoms with Crippen molar-refractivity contribution in [2.45, 2.75) is 113 Å². The molecule has 4 heterocycles. The molecule has 5 fully saturated rings. The first-order valence-corrected chi connectivity index (χ1v) is 18.1. The first-order valence-electron chi connectivity index (χ1n) is 16.6. The van der Waals surface area contributed by atoms with E-state index in [1.165, 1.54) is 0 Å². The number of alkyl halides is 3. The predicted octanol–water partition coefficient (Wildman–Crippen LogP) is 3.97. The highest BCUT2D eigenvalue weighted by Gasteiger charge is 2.60. The highest BCUT2D eigenvalue weighted by Crippen LogP contribution is 2.53. The van der Waals surface area contributed by atoms with Crippen molar-refractivity contribution in [1.29, 1.82) is 0 Å². The first-order chi connectivity index (χ1) is 21.0. The summed E-state index contributed by atoms with van der Waals surface area (Å²) in [7, 11) is 0. The molecule has 0 aromatic carbocycles. The lowest BCUT2D eigenvalue weighted by Gasteiger charge is -2.47. The third-order valence-corrected chi connectivity index (χ3v) is 13.8. The second-order valence-electron chi connectivity index (χ2n) is 14.4. The van der Waals surface area contributed by atoms with Crippen molar-refractivity contribution in [3.05, 3.63) is 27.4 Å². The van der Waals surface area contributed by atoms with Crippen LogP contribution in [0.25, 0.3) is 0 Å². The Labute approximate surface area is 267 Å². The van der Waals surface area contributed by atoms with Crippen molar-refractivity contribution in [3.63, 3.8) is 0 Å². The number of fused-ring (bicyclic) bond motifs is 3. The van der Waals surface area contributed by atoms with Crippen LogP contribution in [-0.2, 0) is 28.9 Å². The fourth-order valence-electron chi connectivity index (χ4n) is 9.52. The first kappa shape index (κ1) is 31.3. The molecule has 8 nitrogen and oxygen atoms in total. The molecule has 1 aromatic rings. The number of hydrogen-bond acceptors (Lipinski definition) is 7. The number of aliphatic carboxylic acids is 1. The van der Waals surface area contributed by atoms with Gasteiger partial charge in [0.2, 0.25) is 0 Å².